The molecule has 16 heavy (non-hydrogen) atoms. The van der Waals surface area contributed by atoms with Crippen LogP contribution in [0.3, 0.4) is 0 Å². The number of alkyl halides is 1. The van der Waals surface area contributed by atoms with Crippen LogP contribution in [0.2, 0.25) is 0 Å². The van der Waals surface area contributed by atoms with Crippen molar-refractivity contribution < 1.29 is 18.6 Å². The van der Waals surface area contributed by atoms with E-state index in [1.807, 2.05) is 0 Å². The molecule has 1 aromatic carbocycles. The minimum absolute atomic E-state index is 0.187. The molecule has 0 aromatic heterocycles. The monoisotopic (exact) mass is 228 g/mol. The Labute approximate surface area is 92.9 Å². The normalized spacial score (nSPS) is 29.6. The highest BCUT2D eigenvalue weighted by atomic mass is 19.1. The van der Waals surface area contributed by atoms with E-state index in [9.17, 15) is 13.9 Å². The maximum Gasteiger partial charge on any atom is 0.126 e. The van der Waals surface area contributed by atoms with Gasteiger partial charge in [0.1, 0.15) is 12.5 Å². The summed E-state index contributed by atoms with van der Waals surface area (Å²) in [6.07, 6.45) is -0.616. The Morgan fingerprint density at radius 2 is 2.12 bits per heavy atom. The Morgan fingerprint density at radius 3 is 2.75 bits per heavy atom. The zero-order chi connectivity index (χ0) is 11.5. The lowest BCUT2D eigenvalue weighted by molar-refractivity contribution is 0.0527. The van der Waals surface area contributed by atoms with Gasteiger partial charge < -0.3 is 9.84 Å². The van der Waals surface area contributed by atoms with Crippen molar-refractivity contribution in [1.82, 2.24) is 0 Å². The van der Waals surface area contributed by atoms with Crippen molar-refractivity contribution >= 4 is 0 Å². The van der Waals surface area contributed by atoms with E-state index >= 15 is 0 Å². The van der Waals surface area contributed by atoms with E-state index in [0.717, 1.165) is 0 Å². The molecule has 1 aromatic rings. The average Bonchev–Trinajstić information content (AvgIpc) is 2.72. The second-order valence-electron chi connectivity index (χ2n) is 4.00. The molecule has 0 radical (unpaired) electrons. The molecule has 3 atom stereocenters. The van der Waals surface area contributed by atoms with Crippen LogP contribution in [0.1, 0.15) is 11.5 Å². The van der Waals surface area contributed by atoms with Gasteiger partial charge >= 0.3 is 0 Å². The second-order valence-corrected chi connectivity index (χ2v) is 4.00. The molecule has 0 spiro atoms. The molecule has 1 heterocycles. The van der Waals surface area contributed by atoms with Gasteiger partial charge in [-0.1, -0.05) is 18.2 Å². The predicted octanol–water partition coefficient (Wildman–Crippen LogP) is 1.89. The molecule has 0 saturated carbocycles. The van der Waals surface area contributed by atoms with Gasteiger partial charge in [0.2, 0.25) is 0 Å². The summed E-state index contributed by atoms with van der Waals surface area (Å²) >= 11 is 0. The molecule has 0 bridgehead atoms. The van der Waals surface area contributed by atoms with E-state index in [2.05, 4.69) is 0 Å². The van der Waals surface area contributed by atoms with Crippen molar-refractivity contribution in [3.63, 3.8) is 0 Å². The van der Waals surface area contributed by atoms with Crippen LogP contribution in [-0.2, 0) is 4.74 Å². The van der Waals surface area contributed by atoms with Crippen LogP contribution < -0.4 is 0 Å². The maximum atomic E-state index is 13.6. The first-order valence-corrected chi connectivity index (χ1v) is 5.30. The van der Waals surface area contributed by atoms with Crippen molar-refractivity contribution in [1.29, 1.82) is 0 Å². The third-order valence-electron chi connectivity index (χ3n) is 3.15. The van der Waals surface area contributed by atoms with E-state index in [0.29, 0.717) is 5.56 Å². The number of hydrogen-bond donors (Lipinski definition) is 1. The smallest absolute Gasteiger partial charge is 0.126 e. The molecule has 2 nitrogen and oxygen atoms in total. The van der Waals surface area contributed by atoms with Gasteiger partial charge in [0.15, 0.2) is 0 Å². The van der Waals surface area contributed by atoms with Crippen molar-refractivity contribution in [2.45, 2.75) is 12.0 Å². The summed E-state index contributed by atoms with van der Waals surface area (Å²) in [4.78, 5) is 0. The Kier molecular flexibility index (Phi) is 3.51. The van der Waals surface area contributed by atoms with Gasteiger partial charge in [0, 0.05) is 18.4 Å². The molecule has 1 N–H and O–H groups in total. The van der Waals surface area contributed by atoms with E-state index in [4.69, 9.17) is 4.74 Å². The van der Waals surface area contributed by atoms with Gasteiger partial charge in [-0.15, -0.1) is 0 Å². The van der Waals surface area contributed by atoms with Crippen molar-refractivity contribution in [2.75, 3.05) is 19.9 Å². The van der Waals surface area contributed by atoms with Crippen LogP contribution in [-0.4, -0.2) is 31.1 Å². The predicted molar refractivity (Wildman–Crippen MR) is 55.4 cm³/mol. The minimum atomic E-state index is -0.643. The topological polar surface area (TPSA) is 29.5 Å². The Hall–Kier alpha value is -1.00. The number of aliphatic hydroxyl groups excluding tert-OH is 1. The molecule has 0 unspecified atom stereocenters. The van der Waals surface area contributed by atoms with Gasteiger partial charge in [-0.3, -0.25) is 0 Å². The molecule has 1 fully saturated rings. The average molecular weight is 228 g/mol. The van der Waals surface area contributed by atoms with Gasteiger partial charge in [0.25, 0.3) is 0 Å². The molecular formula is C12H14F2O2. The molecule has 0 amide bonds. The molecule has 1 saturated heterocycles. The van der Waals surface area contributed by atoms with Crippen LogP contribution >= 0.6 is 0 Å². The molecule has 1 aliphatic rings. The molecule has 2 rings (SSSR count). The molecule has 0 aliphatic carbocycles. The molecule has 88 valence electrons. The summed E-state index contributed by atoms with van der Waals surface area (Å²) in [5.74, 6) is -0.942. The fourth-order valence-electron chi connectivity index (χ4n) is 2.23. The first kappa shape index (κ1) is 11.5. The fourth-order valence-corrected chi connectivity index (χ4v) is 2.23. The lowest BCUT2D eigenvalue weighted by Gasteiger charge is -2.19. The highest BCUT2D eigenvalue weighted by molar-refractivity contribution is 5.24. The van der Waals surface area contributed by atoms with E-state index in [1.54, 1.807) is 18.2 Å². The summed E-state index contributed by atoms with van der Waals surface area (Å²) in [5, 5.41) is 9.22. The van der Waals surface area contributed by atoms with Crippen LogP contribution in [0.4, 0.5) is 8.78 Å². The van der Waals surface area contributed by atoms with Crippen molar-refractivity contribution in [3.05, 3.63) is 35.6 Å². The van der Waals surface area contributed by atoms with E-state index < -0.39 is 12.8 Å². The number of benzene rings is 1. The number of hydrogen-bond acceptors (Lipinski definition) is 2. The highest BCUT2D eigenvalue weighted by Gasteiger charge is 2.38. The van der Waals surface area contributed by atoms with Crippen LogP contribution in [0, 0.1) is 11.7 Å². The first-order valence-electron chi connectivity index (χ1n) is 5.30. The quantitative estimate of drug-likeness (QED) is 0.856. The molecule has 4 heteroatoms. The van der Waals surface area contributed by atoms with Gasteiger partial charge in [0.05, 0.1) is 12.7 Å². The summed E-state index contributed by atoms with van der Waals surface area (Å²) in [6.45, 7) is -0.565. The lowest BCUT2D eigenvalue weighted by atomic mass is 9.86. The maximum absolute atomic E-state index is 13.6. The minimum Gasteiger partial charge on any atom is -0.396 e. The Balaban J connectivity index is 2.25. The van der Waals surface area contributed by atoms with E-state index in [-0.39, 0.29) is 30.9 Å². The zero-order valence-corrected chi connectivity index (χ0v) is 8.77. The fraction of sp³-hybridized carbons (Fsp3) is 0.500. The number of ether oxygens (including phenoxy) is 1. The van der Waals surface area contributed by atoms with E-state index in [1.165, 1.54) is 6.07 Å². The van der Waals surface area contributed by atoms with Crippen LogP contribution in [0.5, 0.6) is 0 Å². The number of aliphatic hydroxyl groups is 1. The summed E-state index contributed by atoms with van der Waals surface area (Å²) < 4.78 is 31.4. The van der Waals surface area contributed by atoms with Gasteiger partial charge in [-0.2, -0.15) is 0 Å². The Bertz CT molecular complexity index is 357. The number of halogens is 2. The van der Waals surface area contributed by atoms with Gasteiger partial charge in [-0.25, -0.2) is 8.78 Å². The summed E-state index contributed by atoms with van der Waals surface area (Å²) in [5.41, 5.74) is 0.498. The molecular weight excluding hydrogens is 214 g/mol. The third kappa shape index (κ3) is 1.95. The van der Waals surface area contributed by atoms with Crippen molar-refractivity contribution in [2.24, 2.45) is 5.92 Å². The van der Waals surface area contributed by atoms with Gasteiger partial charge in [-0.05, 0) is 11.6 Å². The molecule has 1 aliphatic heterocycles. The Morgan fingerprint density at radius 1 is 1.38 bits per heavy atom. The second kappa shape index (κ2) is 4.89. The van der Waals surface area contributed by atoms with Crippen LogP contribution in [0.15, 0.2) is 24.3 Å². The SMILES string of the molecule is OC[C@H]1[C@@H](c2ccccc2F)CO[C@@H]1CF. The third-order valence-corrected chi connectivity index (χ3v) is 3.15. The lowest BCUT2D eigenvalue weighted by Crippen LogP contribution is -2.25. The summed E-state index contributed by atoms with van der Waals surface area (Å²) in [6, 6.07) is 6.37. The van der Waals surface area contributed by atoms with Crippen LogP contribution in [0.25, 0.3) is 0 Å². The number of rotatable bonds is 3. The standard InChI is InChI=1S/C12H14F2O2/c13-5-12-9(6-15)10(7-16-12)8-3-1-2-4-11(8)14/h1-4,9-10,12,15H,5-7H2/t9-,10+,12+/m0/s1. The zero-order valence-electron chi connectivity index (χ0n) is 8.77. The summed E-state index contributed by atoms with van der Waals surface area (Å²) in [7, 11) is 0. The first-order chi connectivity index (χ1) is 7.77. The highest BCUT2D eigenvalue weighted by Crippen LogP contribution is 2.36. The largest absolute Gasteiger partial charge is 0.396 e. The van der Waals surface area contributed by atoms with Crippen molar-refractivity contribution in [3.8, 4) is 0 Å².